The number of rotatable bonds is 5. The molecule has 1 aliphatic carbocycles. The molecule has 4 heteroatoms. The van der Waals surface area contributed by atoms with Crippen molar-refractivity contribution >= 4 is 5.91 Å². The fourth-order valence-corrected chi connectivity index (χ4v) is 2.31. The van der Waals surface area contributed by atoms with E-state index in [1.165, 1.54) is 0 Å². The summed E-state index contributed by atoms with van der Waals surface area (Å²) >= 11 is 0. The minimum atomic E-state index is -0.0159. The fourth-order valence-electron chi connectivity index (χ4n) is 2.31. The normalized spacial score (nSPS) is 29.4. The highest BCUT2D eigenvalue weighted by Gasteiger charge is 2.31. The molecule has 0 spiro atoms. The highest BCUT2D eigenvalue weighted by molar-refractivity contribution is 5.79. The molecular formula is C13H26N2O2. The molecule has 0 heterocycles. The Morgan fingerprint density at radius 2 is 2.18 bits per heavy atom. The number of ether oxygens (including phenoxy) is 1. The lowest BCUT2D eigenvalue weighted by atomic mass is 9.79. The van der Waals surface area contributed by atoms with Crippen molar-refractivity contribution in [1.29, 1.82) is 0 Å². The molecule has 0 radical (unpaired) electrons. The lowest BCUT2D eigenvalue weighted by Gasteiger charge is -2.31. The first-order chi connectivity index (χ1) is 8.00. The smallest absolute Gasteiger partial charge is 0.224 e. The van der Waals surface area contributed by atoms with Gasteiger partial charge in [-0.2, -0.15) is 0 Å². The van der Waals surface area contributed by atoms with Gasteiger partial charge in [0.05, 0.1) is 18.6 Å². The Labute approximate surface area is 104 Å². The second kappa shape index (κ2) is 6.97. The second-order valence-corrected chi connectivity index (χ2v) is 5.40. The van der Waals surface area contributed by atoms with E-state index in [1.807, 2.05) is 13.8 Å². The van der Waals surface area contributed by atoms with Crippen LogP contribution in [0.2, 0.25) is 0 Å². The van der Waals surface area contributed by atoms with E-state index < -0.39 is 0 Å². The molecule has 0 aromatic rings. The van der Waals surface area contributed by atoms with Crippen LogP contribution in [0.5, 0.6) is 0 Å². The van der Waals surface area contributed by atoms with E-state index >= 15 is 0 Å². The molecule has 0 aromatic carbocycles. The van der Waals surface area contributed by atoms with Gasteiger partial charge in [-0.25, -0.2) is 0 Å². The third-order valence-electron chi connectivity index (χ3n) is 3.36. The number of hydrogen-bond donors (Lipinski definition) is 2. The maximum absolute atomic E-state index is 12.0. The maximum Gasteiger partial charge on any atom is 0.224 e. The van der Waals surface area contributed by atoms with Crippen LogP contribution in [0, 0.1) is 11.8 Å². The maximum atomic E-state index is 12.0. The summed E-state index contributed by atoms with van der Waals surface area (Å²) in [6, 6.07) is 0.0252. The molecule has 4 nitrogen and oxygen atoms in total. The third-order valence-corrected chi connectivity index (χ3v) is 3.36. The monoisotopic (exact) mass is 242 g/mol. The Hall–Kier alpha value is -0.610. The van der Waals surface area contributed by atoms with Crippen molar-refractivity contribution in [3.05, 3.63) is 0 Å². The van der Waals surface area contributed by atoms with Crippen LogP contribution in [0.25, 0.3) is 0 Å². The van der Waals surface area contributed by atoms with E-state index in [1.54, 1.807) is 0 Å². The lowest BCUT2D eigenvalue weighted by Crippen LogP contribution is -2.45. The minimum Gasteiger partial charge on any atom is -0.377 e. The quantitative estimate of drug-likeness (QED) is 0.714. The zero-order chi connectivity index (χ0) is 12.8. The summed E-state index contributed by atoms with van der Waals surface area (Å²) in [5, 5.41) is 2.91. The second-order valence-electron chi connectivity index (χ2n) is 5.40. The molecule has 1 fully saturated rings. The van der Waals surface area contributed by atoms with Crippen molar-refractivity contribution < 1.29 is 9.53 Å². The first-order valence-corrected chi connectivity index (χ1v) is 6.65. The molecule has 0 aliphatic heterocycles. The SMILES string of the molecule is CC1CCC(N)C(C(=O)NCCOC(C)C)C1. The first-order valence-electron chi connectivity index (χ1n) is 6.65. The van der Waals surface area contributed by atoms with Gasteiger partial charge in [0.15, 0.2) is 0 Å². The summed E-state index contributed by atoms with van der Waals surface area (Å²) in [6.07, 6.45) is 3.23. The first kappa shape index (κ1) is 14.5. The van der Waals surface area contributed by atoms with E-state index in [9.17, 15) is 4.79 Å². The molecule has 1 rings (SSSR count). The van der Waals surface area contributed by atoms with Crippen molar-refractivity contribution in [2.45, 2.75) is 52.2 Å². The number of amides is 1. The zero-order valence-electron chi connectivity index (χ0n) is 11.2. The van der Waals surface area contributed by atoms with Crippen molar-refractivity contribution in [3.63, 3.8) is 0 Å². The van der Waals surface area contributed by atoms with E-state index in [0.29, 0.717) is 19.1 Å². The van der Waals surface area contributed by atoms with Crippen LogP contribution in [0.1, 0.15) is 40.0 Å². The van der Waals surface area contributed by atoms with Gasteiger partial charge >= 0.3 is 0 Å². The molecule has 1 amide bonds. The Balaban J connectivity index is 2.26. The van der Waals surface area contributed by atoms with Crippen LogP contribution in [0.4, 0.5) is 0 Å². The highest BCUT2D eigenvalue weighted by Crippen LogP contribution is 2.27. The van der Waals surface area contributed by atoms with Crippen molar-refractivity contribution in [2.75, 3.05) is 13.2 Å². The predicted molar refractivity (Wildman–Crippen MR) is 68.6 cm³/mol. The molecule has 100 valence electrons. The summed E-state index contributed by atoms with van der Waals surface area (Å²) < 4.78 is 5.38. The molecule has 3 unspecified atom stereocenters. The Morgan fingerprint density at radius 3 is 2.82 bits per heavy atom. The molecule has 0 aromatic heterocycles. The zero-order valence-corrected chi connectivity index (χ0v) is 11.2. The number of carbonyl (C=O) groups excluding carboxylic acids is 1. The van der Waals surface area contributed by atoms with Gasteiger partial charge in [0.2, 0.25) is 5.91 Å². The standard InChI is InChI=1S/C13H26N2O2/c1-9(2)17-7-6-15-13(16)11-8-10(3)4-5-12(11)14/h9-12H,4-8,14H2,1-3H3,(H,15,16). The summed E-state index contributed by atoms with van der Waals surface area (Å²) in [5.41, 5.74) is 6.00. The van der Waals surface area contributed by atoms with Gasteiger partial charge in [0.1, 0.15) is 0 Å². The van der Waals surface area contributed by atoms with Gasteiger partial charge < -0.3 is 15.8 Å². The number of carbonyl (C=O) groups is 1. The highest BCUT2D eigenvalue weighted by atomic mass is 16.5. The van der Waals surface area contributed by atoms with E-state index in [2.05, 4.69) is 12.2 Å². The van der Waals surface area contributed by atoms with E-state index in [0.717, 1.165) is 19.3 Å². The van der Waals surface area contributed by atoms with Crippen molar-refractivity contribution in [1.82, 2.24) is 5.32 Å². The van der Waals surface area contributed by atoms with Gasteiger partial charge in [-0.1, -0.05) is 6.92 Å². The molecule has 1 saturated carbocycles. The van der Waals surface area contributed by atoms with Gasteiger partial charge in [-0.3, -0.25) is 4.79 Å². The Morgan fingerprint density at radius 1 is 1.47 bits per heavy atom. The molecule has 3 atom stereocenters. The lowest BCUT2D eigenvalue weighted by molar-refractivity contribution is -0.127. The molecule has 0 bridgehead atoms. The topological polar surface area (TPSA) is 64.4 Å². The molecule has 17 heavy (non-hydrogen) atoms. The van der Waals surface area contributed by atoms with E-state index in [-0.39, 0.29) is 24.0 Å². The fraction of sp³-hybridized carbons (Fsp3) is 0.923. The van der Waals surface area contributed by atoms with Crippen LogP contribution in [0.15, 0.2) is 0 Å². The van der Waals surface area contributed by atoms with Crippen molar-refractivity contribution in [2.24, 2.45) is 17.6 Å². The van der Waals surface area contributed by atoms with Crippen LogP contribution in [0.3, 0.4) is 0 Å². The van der Waals surface area contributed by atoms with Crippen LogP contribution < -0.4 is 11.1 Å². The average molecular weight is 242 g/mol. The molecule has 3 N–H and O–H groups in total. The largest absolute Gasteiger partial charge is 0.377 e. The van der Waals surface area contributed by atoms with Crippen LogP contribution in [-0.2, 0) is 9.53 Å². The summed E-state index contributed by atoms with van der Waals surface area (Å²) in [6.45, 7) is 7.31. The third kappa shape index (κ3) is 5.04. The van der Waals surface area contributed by atoms with Crippen LogP contribution in [-0.4, -0.2) is 31.2 Å². The predicted octanol–water partition coefficient (Wildman–Crippen LogP) is 1.29. The number of nitrogens with one attached hydrogen (secondary N) is 1. The Kier molecular flexibility index (Phi) is 5.92. The molecule has 0 saturated heterocycles. The van der Waals surface area contributed by atoms with Gasteiger partial charge in [-0.15, -0.1) is 0 Å². The van der Waals surface area contributed by atoms with Crippen molar-refractivity contribution in [3.8, 4) is 0 Å². The van der Waals surface area contributed by atoms with Crippen LogP contribution >= 0.6 is 0 Å². The average Bonchev–Trinajstić information content (AvgIpc) is 2.27. The number of hydrogen-bond acceptors (Lipinski definition) is 3. The van der Waals surface area contributed by atoms with Gasteiger partial charge in [-0.05, 0) is 39.0 Å². The summed E-state index contributed by atoms with van der Waals surface area (Å²) in [4.78, 5) is 12.0. The molecule has 1 aliphatic rings. The van der Waals surface area contributed by atoms with Gasteiger partial charge in [0.25, 0.3) is 0 Å². The summed E-state index contributed by atoms with van der Waals surface area (Å²) in [7, 11) is 0. The van der Waals surface area contributed by atoms with E-state index in [4.69, 9.17) is 10.5 Å². The summed E-state index contributed by atoms with van der Waals surface area (Å²) in [5.74, 6) is 0.687. The van der Waals surface area contributed by atoms with Gasteiger partial charge in [0, 0.05) is 12.6 Å². The minimum absolute atomic E-state index is 0.0159. The number of nitrogens with two attached hydrogens (primary N) is 1. The Bertz CT molecular complexity index is 244. The molecular weight excluding hydrogens is 216 g/mol.